The van der Waals surface area contributed by atoms with Gasteiger partial charge in [0, 0.05) is 25.0 Å². The van der Waals surface area contributed by atoms with Crippen molar-refractivity contribution in [2.45, 2.75) is 64.1 Å². The molecule has 0 aromatic carbocycles. The van der Waals surface area contributed by atoms with Gasteiger partial charge in [0.05, 0.1) is 18.3 Å². The lowest BCUT2D eigenvalue weighted by atomic mass is 9.81. The number of aldehydes is 1. The minimum atomic E-state index is -0.250. The molecular weight excluding hydrogens is 254 g/mol. The van der Waals surface area contributed by atoms with E-state index in [4.69, 9.17) is 4.74 Å². The van der Waals surface area contributed by atoms with Crippen molar-refractivity contribution < 1.29 is 14.6 Å². The highest BCUT2D eigenvalue weighted by Gasteiger charge is 2.38. The van der Waals surface area contributed by atoms with Crippen LogP contribution in [0.5, 0.6) is 0 Å². The van der Waals surface area contributed by atoms with Gasteiger partial charge in [0.15, 0.2) is 0 Å². The van der Waals surface area contributed by atoms with Gasteiger partial charge in [0.25, 0.3) is 0 Å². The molecule has 4 heteroatoms. The lowest BCUT2D eigenvalue weighted by Gasteiger charge is -2.45. The van der Waals surface area contributed by atoms with Gasteiger partial charge >= 0.3 is 0 Å². The highest BCUT2D eigenvalue weighted by Crippen LogP contribution is 2.35. The zero-order chi connectivity index (χ0) is 14.6. The molecule has 0 radical (unpaired) electrons. The molecule has 1 N–H and O–H groups in total. The molecule has 1 unspecified atom stereocenters. The summed E-state index contributed by atoms with van der Waals surface area (Å²) < 4.78 is 5.85. The maximum absolute atomic E-state index is 11.7. The van der Waals surface area contributed by atoms with Crippen LogP contribution in [0.2, 0.25) is 0 Å². The third-order valence-corrected chi connectivity index (χ3v) is 4.64. The first kappa shape index (κ1) is 15.9. The molecule has 1 aliphatic carbocycles. The van der Waals surface area contributed by atoms with E-state index in [1.165, 1.54) is 19.1 Å². The van der Waals surface area contributed by atoms with E-state index in [-0.39, 0.29) is 23.7 Å². The zero-order valence-electron chi connectivity index (χ0n) is 12.9. The van der Waals surface area contributed by atoms with Crippen molar-refractivity contribution in [2.75, 3.05) is 26.2 Å². The van der Waals surface area contributed by atoms with Gasteiger partial charge < -0.3 is 14.6 Å². The lowest BCUT2D eigenvalue weighted by Crippen LogP contribution is -2.56. The highest BCUT2D eigenvalue weighted by atomic mass is 16.5. The van der Waals surface area contributed by atoms with E-state index in [9.17, 15) is 9.90 Å². The summed E-state index contributed by atoms with van der Waals surface area (Å²) in [5, 5.41) is 9.39. The maximum atomic E-state index is 11.7. The molecule has 0 amide bonds. The van der Waals surface area contributed by atoms with Gasteiger partial charge in [0.1, 0.15) is 6.29 Å². The molecule has 0 aromatic rings. The highest BCUT2D eigenvalue weighted by molar-refractivity contribution is 5.59. The number of carbonyl (C=O) groups is 1. The van der Waals surface area contributed by atoms with Gasteiger partial charge in [-0.25, -0.2) is 0 Å². The predicted molar refractivity (Wildman–Crippen MR) is 78.7 cm³/mol. The molecule has 0 spiro atoms. The van der Waals surface area contributed by atoms with Crippen molar-refractivity contribution in [2.24, 2.45) is 5.41 Å². The van der Waals surface area contributed by atoms with E-state index in [1.807, 2.05) is 0 Å². The van der Waals surface area contributed by atoms with Crippen molar-refractivity contribution in [1.29, 1.82) is 0 Å². The molecule has 20 heavy (non-hydrogen) atoms. The molecule has 1 heterocycles. The smallest absolute Gasteiger partial charge is 0.127 e. The van der Waals surface area contributed by atoms with Gasteiger partial charge in [-0.05, 0) is 26.7 Å². The Kier molecular flexibility index (Phi) is 5.21. The largest absolute Gasteiger partial charge is 0.394 e. The van der Waals surface area contributed by atoms with E-state index in [2.05, 4.69) is 18.7 Å². The number of morpholine rings is 1. The van der Waals surface area contributed by atoms with Crippen LogP contribution in [-0.2, 0) is 9.53 Å². The van der Waals surface area contributed by atoms with Crippen molar-refractivity contribution in [3.05, 3.63) is 0 Å². The normalized spacial score (nSPS) is 30.6. The van der Waals surface area contributed by atoms with Crippen molar-refractivity contribution >= 4 is 6.29 Å². The zero-order valence-corrected chi connectivity index (χ0v) is 12.9. The average Bonchev–Trinajstić information content (AvgIpc) is 2.63. The van der Waals surface area contributed by atoms with E-state index < -0.39 is 0 Å². The van der Waals surface area contributed by atoms with Crippen LogP contribution in [0.15, 0.2) is 0 Å². The van der Waals surface area contributed by atoms with Crippen LogP contribution in [0.25, 0.3) is 0 Å². The molecule has 116 valence electrons. The number of aliphatic hydroxyl groups excluding tert-OH is 1. The first-order valence-corrected chi connectivity index (χ1v) is 7.96. The number of carbonyl (C=O) groups excluding carboxylic acids is 1. The molecular formula is C16H29NO3. The van der Waals surface area contributed by atoms with Crippen LogP contribution in [0.3, 0.4) is 0 Å². The number of aliphatic hydroxyl groups is 1. The van der Waals surface area contributed by atoms with E-state index in [0.717, 1.165) is 45.3 Å². The minimum absolute atomic E-state index is 0.0496. The third-order valence-electron chi connectivity index (χ3n) is 4.64. The topological polar surface area (TPSA) is 49.8 Å². The monoisotopic (exact) mass is 283 g/mol. The van der Waals surface area contributed by atoms with Crippen LogP contribution in [0, 0.1) is 5.41 Å². The van der Waals surface area contributed by atoms with E-state index in [1.54, 1.807) is 0 Å². The minimum Gasteiger partial charge on any atom is -0.394 e. The van der Waals surface area contributed by atoms with Crippen molar-refractivity contribution in [3.8, 4) is 0 Å². The van der Waals surface area contributed by atoms with Gasteiger partial charge in [-0.3, -0.25) is 4.90 Å². The average molecular weight is 283 g/mol. The molecule has 1 aliphatic heterocycles. The van der Waals surface area contributed by atoms with Gasteiger partial charge in [0.2, 0.25) is 0 Å². The van der Waals surface area contributed by atoms with Crippen LogP contribution >= 0.6 is 0 Å². The Labute approximate surface area is 122 Å². The molecule has 2 rings (SSSR count). The molecule has 0 bridgehead atoms. The second kappa shape index (κ2) is 6.54. The first-order valence-electron chi connectivity index (χ1n) is 7.96. The van der Waals surface area contributed by atoms with Crippen LogP contribution in [-0.4, -0.2) is 54.2 Å². The molecule has 1 saturated heterocycles. The fourth-order valence-corrected chi connectivity index (χ4v) is 3.82. The quantitative estimate of drug-likeness (QED) is 0.633. The SMILES string of the molecule is CC1(C)CN(CC2(C=O)CCCCCC2)CC(CO)O1. The Hall–Kier alpha value is -0.450. The summed E-state index contributed by atoms with van der Waals surface area (Å²) in [4.78, 5) is 14.0. The third kappa shape index (κ3) is 4.03. The second-order valence-corrected chi connectivity index (χ2v) is 7.25. The van der Waals surface area contributed by atoms with Crippen LogP contribution in [0.4, 0.5) is 0 Å². The standard InChI is InChI=1S/C16H29NO3/c1-15(2)11-17(9-14(10-18)20-15)12-16(13-19)7-5-3-4-6-8-16/h13-14,18H,3-12H2,1-2H3. The number of ether oxygens (including phenoxy) is 1. The summed E-state index contributed by atoms with van der Waals surface area (Å²) in [7, 11) is 0. The van der Waals surface area contributed by atoms with Gasteiger partial charge in [-0.1, -0.05) is 25.7 Å². The first-order chi connectivity index (χ1) is 9.49. The van der Waals surface area contributed by atoms with Crippen LogP contribution < -0.4 is 0 Å². The lowest BCUT2D eigenvalue weighted by molar-refractivity contribution is -0.156. The summed E-state index contributed by atoms with van der Waals surface area (Å²) in [6, 6.07) is 0. The Morgan fingerprint density at radius 3 is 2.45 bits per heavy atom. The maximum Gasteiger partial charge on any atom is 0.127 e. The fourth-order valence-electron chi connectivity index (χ4n) is 3.82. The Balaban J connectivity index is 2.04. The van der Waals surface area contributed by atoms with Gasteiger partial charge in [-0.15, -0.1) is 0 Å². The summed E-state index contributed by atoms with van der Waals surface area (Å²) >= 11 is 0. The fraction of sp³-hybridized carbons (Fsp3) is 0.938. The van der Waals surface area contributed by atoms with Crippen molar-refractivity contribution in [3.63, 3.8) is 0 Å². The van der Waals surface area contributed by atoms with Crippen LogP contribution in [0.1, 0.15) is 52.4 Å². The second-order valence-electron chi connectivity index (χ2n) is 7.25. The molecule has 4 nitrogen and oxygen atoms in total. The van der Waals surface area contributed by atoms with Gasteiger partial charge in [-0.2, -0.15) is 0 Å². The molecule has 1 atom stereocenters. The molecule has 2 aliphatic rings. The summed E-state index contributed by atoms with van der Waals surface area (Å²) in [5.74, 6) is 0. The van der Waals surface area contributed by atoms with Crippen molar-refractivity contribution in [1.82, 2.24) is 4.90 Å². The molecule has 2 fully saturated rings. The Bertz CT molecular complexity index is 322. The Morgan fingerprint density at radius 2 is 1.90 bits per heavy atom. The summed E-state index contributed by atoms with van der Waals surface area (Å²) in [6.07, 6.45) is 7.93. The summed E-state index contributed by atoms with van der Waals surface area (Å²) in [5.41, 5.74) is -0.426. The number of rotatable bonds is 4. The number of hydrogen-bond acceptors (Lipinski definition) is 4. The number of nitrogens with zero attached hydrogens (tertiary/aromatic N) is 1. The molecule has 0 aromatic heterocycles. The van der Waals surface area contributed by atoms with E-state index >= 15 is 0 Å². The summed E-state index contributed by atoms with van der Waals surface area (Å²) in [6.45, 7) is 6.55. The van der Waals surface area contributed by atoms with E-state index in [0.29, 0.717) is 0 Å². The number of hydrogen-bond donors (Lipinski definition) is 1. The Morgan fingerprint density at radius 1 is 1.25 bits per heavy atom. The molecule has 1 saturated carbocycles. The predicted octanol–water partition coefficient (Wildman–Crippen LogP) is 2.00.